The van der Waals surface area contributed by atoms with Gasteiger partial charge in [0.25, 0.3) is 0 Å². The van der Waals surface area contributed by atoms with Crippen LogP contribution < -0.4 is 10.1 Å². The minimum Gasteiger partial charge on any atom is -0.495 e. The fourth-order valence-electron chi connectivity index (χ4n) is 3.84. The summed E-state index contributed by atoms with van der Waals surface area (Å²) in [7, 11) is 1.60. The van der Waals surface area contributed by atoms with Gasteiger partial charge in [-0.2, -0.15) is 4.98 Å². The molecule has 1 aromatic heterocycles. The molecule has 30 heavy (non-hydrogen) atoms. The molecule has 1 atom stereocenters. The summed E-state index contributed by atoms with van der Waals surface area (Å²) in [5.74, 6) is 1.75. The third-order valence-corrected chi connectivity index (χ3v) is 5.45. The zero-order valence-electron chi connectivity index (χ0n) is 17.3. The van der Waals surface area contributed by atoms with Crippen LogP contribution in [-0.2, 0) is 11.3 Å². The van der Waals surface area contributed by atoms with Crippen LogP contribution in [0.4, 0.5) is 5.69 Å². The Morgan fingerprint density at radius 2 is 2.03 bits per heavy atom. The second-order valence-electron chi connectivity index (χ2n) is 7.59. The molecule has 1 aliphatic rings. The van der Waals surface area contributed by atoms with E-state index in [1.54, 1.807) is 7.11 Å². The summed E-state index contributed by atoms with van der Waals surface area (Å²) >= 11 is 0. The van der Waals surface area contributed by atoms with Crippen molar-refractivity contribution in [1.82, 2.24) is 15.0 Å². The van der Waals surface area contributed by atoms with Gasteiger partial charge in [-0.05, 0) is 44.0 Å². The number of hydrogen-bond acceptors (Lipinski definition) is 6. The van der Waals surface area contributed by atoms with Crippen molar-refractivity contribution in [3.63, 3.8) is 0 Å². The zero-order valence-corrected chi connectivity index (χ0v) is 17.3. The number of ether oxygens (including phenoxy) is 1. The average Bonchev–Trinajstić information content (AvgIpc) is 3.22. The first kappa shape index (κ1) is 20.1. The van der Waals surface area contributed by atoms with Crippen LogP contribution in [-0.4, -0.2) is 41.1 Å². The predicted molar refractivity (Wildman–Crippen MR) is 114 cm³/mol. The Labute approximate surface area is 176 Å². The van der Waals surface area contributed by atoms with E-state index in [9.17, 15) is 4.79 Å². The smallest absolute Gasteiger partial charge is 0.241 e. The fourth-order valence-corrected chi connectivity index (χ4v) is 3.84. The maximum absolute atomic E-state index is 12.8. The molecule has 0 spiro atoms. The van der Waals surface area contributed by atoms with Crippen molar-refractivity contribution in [2.24, 2.45) is 5.92 Å². The Kier molecular flexibility index (Phi) is 6.09. The zero-order chi connectivity index (χ0) is 20.9. The molecule has 7 nitrogen and oxygen atoms in total. The number of amides is 1. The number of nitrogens with zero attached hydrogens (tertiary/aromatic N) is 3. The summed E-state index contributed by atoms with van der Waals surface area (Å²) < 4.78 is 10.8. The van der Waals surface area contributed by atoms with E-state index in [0.717, 1.165) is 30.5 Å². The molecule has 0 radical (unpaired) electrons. The van der Waals surface area contributed by atoms with E-state index in [2.05, 4.69) is 20.4 Å². The molecule has 2 heterocycles. The molecule has 0 saturated carbocycles. The van der Waals surface area contributed by atoms with Crippen LogP contribution >= 0.6 is 0 Å². The van der Waals surface area contributed by atoms with E-state index < -0.39 is 0 Å². The quantitative estimate of drug-likeness (QED) is 0.669. The maximum Gasteiger partial charge on any atom is 0.241 e. The Hall–Kier alpha value is -3.19. The predicted octanol–water partition coefficient (Wildman–Crippen LogP) is 3.90. The molecule has 1 N–H and O–H groups in total. The number of nitrogens with one attached hydrogen (secondary N) is 1. The molecule has 156 valence electrons. The van der Waals surface area contributed by atoms with Crippen molar-refractivity contribution >= 4 is 11.6 Å². The number of carbonyl (C=O) groups excluding carboxylic acids is 1. The Morgan fingerprint density at radius 3 is 2.87 bits per heavy atom. The molecular weight excluding hydrogens is 380 g/mol. The summed E-state index contributed by atoms with van der Waals surface area (Å²) in [6.07, 6.45) is 1.80. The second-order valence-corrected chi connectivity index (χ2v) is 7.59. The van der Waals surface area contributed by atoms with E-state index >= 15 is 0 Å². The minimum absolute atomic E-state index is 0.00956. The maximum atomic E-state index is 12.8. The van der Waals surface area contributed by atoms with Gasteiger partial charge in [-0.25, -0.2) is 0 Å². The standard InChI is InChI=1S/C23H26N4O3/c1-16-8-3-4-10-18(16)22-25-21(30-26-22)15-27-13-7-9-17(14-27)23(28)24-19-11-5-6-12-20(19)29-2/h3-6,8,10-12,17H,7,9,13-15H2,1-2H3,(H,24,28). The van der Waals surface area contributed by atoms with E-state index in [1.165, 1.54) is 0 Å². The van der Waals surface area contributed by atoms with Gasteiger partial charge in [0.15, 0.2) is 0 Å². The van der Waals surface area contributed by atoms with Crippen molar-refractivity contribution in [3.8, 4) is 17.1 Å². The summed E-state index contributed by atoms with van der Waals surface area (Å²) in [6.45, 7) is 4.13. The molecular formula is C23H26N4O3. The number of methoxy groups -OCH3 is 1. The Bertz CT molecular complexity index is 1020. The SMILES string of the molecule is COc1ccccc1NC(=O)C1CCCN(Cc2nc(-c3ccccc3C)no2)C1. The molecule has 0 aliphatic carbocycles. The molecule has 1 unspecified atom stereocenters. The van der Waals surface area contributed by atoms with Crippen molar-refractivity contribution in [2.45, 2.75) is 26.3 Å². The lowest BCUT2D eigenvalue weighted by Gasteiger charge is -2.31. The van der Waals surface area contributed by atoms with E-state index in [-0.39, 0.29) is 11.8 Å². The van der Waals surface area contributed by atoms with Crippen LogP contribution in [0, 0.1) is 12.8 Å². The van der Waals surface area contributed by atoms with Gasteiger partial charge in [0, 0.05) is 12.1 Å². The van der Waals surface area contributed by atoms with Crippen molar-refractivity contribution in [3.05, 3.63) is 60.0 Å². The summed E-state index contributed by atoms with van der Waals surface area (Å²) in [5.41, 5.74) is 2.78. The highest BCUT2D eigenvalue weighted by Crippen LogP contribution is 2.26. The van der Waals surface area contributed by atoms with Crippen molar-refractivity contribution in [1.29, 1.82) is 0 Å². The van der Waals surface area contributed by atoms with Crippen molar-refractivity contribution in [2.75, 3.05) is 25.5 Å². The number of rotatable bonds is 6. The minimum atomic E-state index is -0.0950. The van der Waals surface area contributed by atoms with Gasteiger partial charge in [0.1, 0.15) is 5.75 Å². The summed E-state index contributed by atoms with van der Waals surface area (Å²) in [6, 6.07) is 15.4. The number of para-hydroxylation sites is 2. The lowest BCUT2D eigenvalue weighted by Crippen LogP contribution is -2.40. The van der Waals surface area contributed by atoms with Crippen LogP contribution in [0.2, 0.25) is 0 Å². The first-order valence-corrected chi connectivity index (χ1v) is 10.2. The number of likely N-dealkylation sites (tertiary alicyclic amines) is 1. The van der Waals surface area contributed by atoms with Crippen molar-refractivity contribution < 1.29 is 14.1 Å². The number of aromatic nitrogens is 2. The van der Waals surface area contributed by atoms with Crippen LogP contribution in [0.1, 0.15) is 24.3 Å². The van der Waals surface area contributed by atoms with Gasteiger partial charge >= 0.3 is 0 Å². The molecule has 2 aromatic carbocycles. The highest BCUT2D eigenvalue weighted by molar-refractivity contribution is 5.94. The molecule has 7 heteroatoms. The van der Waals surface area contributed by atoms with E-state index in [4.69, 9.17) is 9.26 Å². The van der Waals surface area contributed by atoms with E-state index in [0.29, 0.717) is 36.2 Å². The number of piperidine rings is 1. The van der Waals surface area contributed by atoms with Crippen LogP contribution in [0.3, 0.4) is 0 Å². The molecule has 1 saturated heterocycles. The van der Waals surface area contributed by atoms with Gasteiger partial charge in [-0.3, -0.25) is 9.69 Å². The highest BCUT2D eigenvalue weighted by Gasteiger charge is 2.27. The fraction of sp³-hybridized carbons (Fsp3) is 0.348. The molecule has 1 amide bonds. The van der Waals surface area contributed by atoms with Gasteiger partial charge < -0.3 is 14.6 Å². The lowest BCUT2D eigenvalue weighted by molar-refractivity contribution is -0.121. The largest absolute Gasteiger partial charge is 0.495 e. The number of anilines is 1. The number of carbonyl (C=O) groups is 1. The third-order valence-electron chi connectivity index (χ3n) is 5.45. The lowest BCUT2D eigenvalue weighted by atomic mass is 9.97. The molecule has 1 fully saturated rings. The topological polar surface area (TPSA) is 80.5 Å². The molecule has 1 aliphatic heterocycles. The van der Waals surface area contributed by atoms with E-state index in [1.807, 2.05) is 55.5 Å². The number of benzene rings is 2. The van der Waals surface area contributed by atoms with Gasteiger partial charge in [0.05, 0.1) is 25.3 Å². The van der Waals surface area contributed by atoms with Gasteiger partial charge in [-0.1, -0.05) is 41.6 Å². The number of aryl methyl sites for hydroxylation is 1. The summed E-state index contributed by atoms with van der Waals surface area (Å²) in [5, 5.41) is 7.14. The first-order valence-electron chi connectivity index (χ1n) is 10.2. The number of hydrogen-bond donors (Lipinski definition) is 1. The Balaban J connectivity index is 1.39. The third kappa shape index (κ3) is 4.52. The molecule has 0 bridgehead atoms. The normalized spacial score (nSPS) is 16.9. The second kappa shape index (κ2) is 9.09. The summed E-state index contributed by atoms with van der Waals surface area (Å²) in [4.78, 5) is 19.6. The van der Waals surface area contributed by atoms with Crippen LogP contribution in [0.25, 0.3) is 11.4 Å². The Morgan fingerprint density at radius 1 is 1.23 bits per heavy atom. The first-order chi connectivity index (χ1) is 14.6. The van der Waals surface area contributed by atoms with Gasteiger partial charge in [-0.15, -0.1) is 0 Å². The van der Waals surface area contributed by atoms with Crippen LogP contribution in [0.15, 0.2) is 53.1 Å². The van der Waals surface area contributed by atoms with Gasteiger partial charge in [0.2, 0.25) is 17.6 Å². The molecule has 3 aromatic rings. The monoisotopic (exact) mass is 406 g/mol. The highest BCUT2D eigenvalue weighted by atomic mass is 16.5. The molecule has 4 rings (SSSR count). The average molecular weight is 406 g/mol. The van der Waals surface area contributed by atoms with Crippen LogP contribution in [0.5, 0.6) is 5.75 Å².